The number of aliphatic imine (C=N–C) groups is 1. The Labute approximate surface area is 134 Å². The molecule has 0 fully saturated rings. The Kier molecular flexibility index (Phi) is 7.91. The minimum absolute atomic E-state index is 0.319. The molecule has 0 aliphatic rings. The number of rotatable bonds is 8. The van der Waals surface area contributed by atoms with Crippen LogP contribution in [0.15, 0.2) is 35.3 Å². The smallest absolute Gasteiger partial charge is 0.191 e. The standard InChI is InChI=1S/C17H30N4O/c1-5-18-16(19-12-9-13-21(3)4)20-14-17(2,22)15-10-7-6-8-11-15/h6-8,10-11,22H,5,9,12-14H2,1-4H3,(H2,18,19,20). The fraction of sp³-hybridized carbons (Fsp3) is 0.588. The summed E-state index contributed by atoms with van der Waals surface area (Å²) in [6.07, 6.45) is 1.05. The van der Waals surface area contributed by atoms with Crippen molar-refractivity contribution in [1.29, 1.82) is 0 Å². The highest BCUT2D eigenvalue weighted by molar-refractivity contribution is 5.79. The molecular formula is C17H30N4O. The van der Waals surface area contributed by atoms with Crippen molar-refractivity contribution in [3.8, 4) is 0 Å². The molecule has 1 aromatic carbocycles. The van der Waals surface area contributed by atoms with Crippen molar-refractivity contribution < 1.29 is 5.11 Å². The molecule has 0 saturated heterocycles. The van der Waals surface area contributed by atoms with Crippen molar-refractivity contribution in [2.45, 2.75) is 25.9 Å². The van der Waals surface area contributed by atoms with Crippen LogP contribution in [-0.4, -0.2) is 56.2 Å². The molecule has 5 heteroatoms. The second-order valence-corrected chi connectivity index (χ2v) is 5.92. The molecule has 0 aliphatic carbocycles. The molecule has 0 heterocycles. The van der Waals surface area contributed by atoms with Gasteiger partial charge in [-0.15, -0.1) is 0 Å². The van der Waals surface area contributed by atoms with Crippen LogP contribution < -0.4 is 10.6 Å². The second kappa shape index (κ2) is 9.43. The van der Waals surface area contributed by atoms with Gasteiger partial charge in [-0.25, -0.2) is 4.99 Å². The summed E-state index contributed by atoms with van der Waals surface area (Å²) in [5.41, 5.74) is -0.0880. The largest absolute Gasteiger partial charge is 0.384 e. The molecule has 1 aromatic rings. The van der Waals surface area contributed by atoms with Crippen molar-refractivity contribution in [2.24, 2.45) is 4.99 Å². The maximum Gasteiger partial charge on any atom is 0.191 e. The highest BCUT2D eigenvalue weighted by atomic mass is 16.3. The highest BCUT2D eigenvalue weighted by Gasteiger charge is 2.22. The van der Waals surface area contributed by atoms with Gasteiger partial charge in [0.25, 0.3) is 0 Å². The van der Waals surface area contributed by atoms with E-state index < -0.39 is 5.60 Å². The van der Waals surface area contributed by atoms with Crippen LogP contribution in [0.5, 0.6) is 0 Å². The Balaban J connectivity index is 2.57. The molecule has 0 aliphatic heterocycles. The predicted octanol–water partition coefficient (Wildman–Crippen LogP) is 1.40. The third-order valence-corrected chi connectivity index (χ3v) is 3.36. The van der Waals surface area contributed by atoms with Crippen molar-refractivity contribution in [1.82, 2.24) is 15.5 Å². The number of guanidine groups is 1. The van der Waals surface area contributed by atoms with Crippen molar-refractivity contribution in [3.05, 3.63) is 35.9 Å². The van der Waals surface area contributed by atoms with Gasteiger partial charge in [0.2, 0.25) is 0 Å². The number of hydrogen-bond donors (Lipinski definition) is 3. The van der Waals surface area contributed by atoms with Crippen LogP contribution in [0.1, 0.15) is 25.8 Å². The highest BCUT2D eigenvalue weighted by Crippen LogP contribution is 2.20. The molecule has 0 aromatic heterocycles. The van der Waals surface area contributed by atoms with Gasteiger partial charge in [0.15, 0.2) is 5.96 Å². The molecule has 124 valence electrons. The number of aliphatic hydroxyl groups is 1. The summed E-state index contributed by atoms with van der Waals surface area (Å²) in [5.74, 6) is 0.748. The number of hydrogen-bond acceptors (Lipinski definition) is 3. The molecule has 0 bridgehead atoms. The van der Waals surface area contributed by atoms with E-state index in [4.69, 9.17) is 0 Å². The molecule has 22 heavy (non-hydrogen) atoms. The van der Waals surface area contributed by atoms with Gasteiger partial charge in [-0.2, -0.15) is 0 Å². The summed E-state index contributed by atoms with van der Waals surface area (Å²) in [4.78, 5) is 6.67. The second-order valence-electron chi connectivity index (χ2n) is 5.92. The summed E-state index contributed by atoms with van der Waals surface area (Å²) < 4.78 is 0. The molecule has 1 atom stereocenters. The number of benzene rings is 1. The molecule has 0 amide bonds. The summed E-state index contributed by atoms with van der Waals surface area (Å²) in [5, 5.41) is 17.1. The minimum Gasteiger partial charge on any atom is -0.384 e. The molecule has 5 nitrogen and oxygen atoms in total. The molecule has 0 radical (unpaired) electrons. The third-order valence-electron chi connectivity index (χ3n) is 3.36. The number of nitrogens with one attached hydrogen (secondary N) is 2. The lowest BCUT2D eigenvalue weighted by atomic mass is 9.96. The SMILES string of the molecule is CCNC(=NCC(C)(O)c1ccccc1)NCCCN(C)C. The van der Waals surface area contributed by atoms with Gasteiger partial charge in [-0.05, 0) is 46.5 Å². The lowest BCUT2D eigenvalue weighted by Gasteiger charge is -2.22. The van der Waals surface area contributed by atoms with Crippen molar-refractivity contribution >= 4 is 5.96 Å². The third kappa shape index (κ3) is 6.91. The molecule has 1 rings (SSSR count). The molecule has 0 spiro atoms. The van der Waals surface area contributed by atoms with E-state index >= 15 is 0 Å². The van der Waals surface area contributed by atoms with Gasteiger partial charge >= 0.3 is 0 Å². The Morgan fingerprint density at radius 1 is 1.23 bits per heavy atom. The van der Waals surface area contributed by atoms with Crippen LogP contribution >= 0.6 is 0 Å². The van der Waals surface area contributed by atoms with E-state index in [0.29, 0.717) is 6.54 Å². The topological polar surface area (TPSA) is 59.9 Å². The van der Waals surface area contributed by atoms with E-state index in [1.807, 2.05) is 37.3 Å². The Bertz CT molecular complexity index is 443. The summed E-state index contributed by atoms with van der Waals surface area (Å²) in [6.45, 7) is 6.84. The minimum atomic E-state index is -0.965. The van der Waals surface area contributed by atoms with Crippen LogP contribution in [0, 0.1) is 0 Å². The van der Waals surface area contributed by atoms with Crippen LogP contribution in [0.25, 0.3) is 0 Å². The quantitative estimate of drug-likeness (QED) is 0.386. The first kappa shape index (κ1) is 18.5. The first-order valence-corrected chi connectivity index (χ1v) is 7.90. The first-order valence-electron chi connectivity index (χ1n) is 7.90. The Hall–Kier alpha value is -1.59. The van der Waals surface area contributed by atoms with Crippen LogP contribution in [-0.2, 0) is 5.60 Å². The summed E-state index contributed by atoms with van der Waals surface area (Å²) in [6, 6.07) is 9.65. The zero-order chi connectivity index (χ0) is 16.4. The van der Waals surface area contributed by atoms with E-state index in [-0.39, 0.29) is 0 Å². The first-order chi connectivity index (χ1) is 10.5. The molecule has 1 unspecified atom stereocenters. The lowest BCUT2D eigenvalue weighted by molar-refractivity contribution is 0.0672. The van der Waals surface area contributed by atoms with Crippen LogP contribution in [0.2, 0.25) is 0 Å². The van der Waals surface area contributed by atoms with Gasteiger partial charge in [-0.3, -0.25) is 0 Å². The fourth-order valence-electron chi connectivity index (χ4n) is 2.07. The number of nitrogens with zero attached hydrogens (tertiary/aromatic N) is 2. The van der Waals surface area contributed by atoms with Gasteiger partial charge < -0.3 is 20.6 Å². The van der Waals surface area contributed by atoms with E-state index in [9.17, 15) is 5.11 Å². The van der Waals surface area contributed by atoms with Crippen LogP contribution in [0.4, 0.5) is 0 Å². The maximum absolute atomic E-state index is 10.6. The fourth-order valence-corrected chi connectivity index (χ4v) is 2.07. The van der Waals surface area contributed by atoms with Gasteiger partial charge in [0, 0.05) is 13.1 Å². The Morgan fingerprint density at radius 2 is 1.91 bits per heavy atom. The Morgan fingerprint density at radius 3 is 2.50 bits per heavy atom. The van der Waals surface area contributed by atoms with Crippen LogP contribution in [0.3, 0.4) is 0 Å². The summed E-state index contributed by atoms with van der Waals surface area (Å²) in [7, 11) is 4.13. The normalized spacial score (nSPS) is 14.7. The van der Waals surface area contributed by atoms with Crippen molar-refractivity contribution in [3.63, 3.8) is 0 Å². The van der Waals surface area contributed by atoms with Crippen molar-refractivity contribution in [2.75, 3.05) is 40.3 Å². The lowest BCUT2D eigenvalue weighted by Crippen LogP contribution is -2.39. The maximum atomic E-state index is 10.6. The summed E-state index contributed by atoms with van der Waals surface area (Å²) >= 11 is 0. The average molecular weight is 306 g/mol. The van der Waals surface area contributed by atoms with E-state index in [1.54, 1.807) is 6.92 Å². The average Bonchev–Trinajstić information content (AvgIpc) is 2.49. The molecule has 0 saturated carbocycles. The monoisotopic (exact) mass is 306 g/mol. The predicted molar refractivity (Wildman–Crippen MR) is 93.2 cm³/mol. The molecule has 3 N–H and O–H groups in total. The molecular weight excluding hydrogens is 276 g/mol. The zero-order valence-corrected chi connectivity index (χ0v) is 14.3. The van der Waals surface area contributed by atoms with E-state index in [0.717, 1.165) is 37.6 Å². The van der Waals surface area contributed by atoms with Gasteiger partial charge in [0.05, 0.1) is 6.54 Å². The van der Waals surface area contributed by atoms with E-state index in [2.05, 4.69) is 34.6 Å². The van der Waals surface area contributed by atoms with E-state index in [1.165, 1.54) is 0 Å². The zero-order valence-electron chi connectivity index (χ0n) is 14.3. The van der Waals surface area contributed by atoms with Gasteiger partial charge in [-0.1, -0.05) is 30.3 Å². The van der Waals surface area contributed by atoms with Gasteiger partial charge in [0.1, 0.15) is 5.60 Å².